The minimum Gasteiger partial charge on any atom is -0.370 e. The van der Waals surface area contributed by atoms with E-state index < -0.39 is 0 Å². The molecule has 2 atom stereocenters. The Labute approximate surface area is 184 Å². The summed E-state index contributed by atoms with van der Waals surface area (Å²) in [7, 11) is 0. The van der Waals surface area contributed by atoms with Gasteiger partial charge in [0.15, 0.2) is 0 Å². The van der Waals surface area contributed by atoms with Crippen molar-refractivity contribution in [1.29, 1.82) is 0 Å². The van der Waals surface area contributed by atoms with Crippen molar-refractivity contribution < 1.29 is 4.74 Å². The smallest absolute Gasteiger partial charge is 0.0841 e. The molecule has 0 bridgehead atoms. The van der Waals surface area contributed by atoms with Crippen molar-refractivity contribution in [2.75, 3.05) is 0 Å². The normalized spacial score (nSPS) is 19.6. The summed E-state index contributed by atoms with van der Waals surface area (Å²) in [5.41, 5.74) is 10.9. The average molecular weight is 403 g/mol. The number of benzene rings is 4. The molecule has 0 spiro atoms. The molecule has 0 radical (unpaired) electrons. The Hall–Kier alpha value is -3.16. The molecule has 3 aliphatic rings. The van der Waals surface area contributed by atoms with Crippen molar-refractivity contribution in [3.05, 3.63) is 108 Å². The van der Waals surface area contributed by atoms with Crippen LogP contribution in [0.5, 0.6) is 0 Å². The van der Waals surface area contributed by atoms with E-state index in [1.807, 2.05) is 0 Å². The summed E-state index contributed by atoms with van der Waals surface area (Å²) in [6.07, 6.45) is 6.52. The van der Waals surface area contributed by atoms with Crippen LogP contribution < -0.4 is 0 Å². The van der Waals surface area contributed by atoms with E-state index in [-0.39, 0.29) is 0 Å². The van der Waals surface area contributed by atoms with Crippen LogP contribution in [-0.2, 0) is 11.2 Å². The van der Waals surface area contributed by atoms with Gasteiger partial charge < -0.3 is 4.74 Å². The monoisotopic (exact) mass is 402 g/mol. The first kappa shape index (κ1) is 18.6. The molecule has 2 fully saturated rings. The highest BCUT2D eigenvalue weighted by Crippen LogP contribution is 2.45. The van der Waals surface area contributed by atoms with E-state index in [0.29, 0.717) is 12.2 Å². The Morgan fingerprint density at radius 2 is 1.16 bits per heavy atom. The second-order valence-corrected chi connectivity index (χ2v) is 8.72. The molecule has 1 saturated carbocycles. The zero-order valence-corrected chi connectivity index (χ0v) is 17.6. The van der Waals surface area contributed by atoms with Gasteiger partial charge in [0.1, 0.15) is 0 Å². The van der Waals surface area contributed by atoms with Gasteiger partial charge in [-0.3, -0.25) is 0 Å². The van der Waals surface area contributed by atoms with Crippen molar-refractivity contribution in [1.82, 2.24) is 0 Å². The van der Waals surface area contributed by atoms with Crippen LogP contribution in [0.2, 0.25) is 0 Å². The van der Waals surface area contributed by atoms with Crippen molar-refractivity contribution in [3.8, 4) is 33.4 Å². The highest BCUT2D eigenvalue weighted by molar-refractivity contribution is 5.93. The fourth-order valence-electron chi connectivity index (χ4n) is 5.21. The lowest BCUT2D eigenvalue weighted by atomic mass is 9.88. The molecule has 0 aromatic heterocycles. The van der Waals surface area contributed by atoms with Crippen LogP contribution in [-0.4, -0.2) is 12.2 Å². The molecular formula is C30H26O. The lowest BCUT2D eigenvalue weighted by Gasteiger charge is -2.16. The van der Waals surface area contributed by atoms with Gasteiger partial charge >= 0.3 is 0 Å². The Morgan fingerprint density at radius 1 is 0.548 bits per heavy atom. The zero-order valence-electron chi connectivity index (χ0n) is 17.6. The summed E-state index contributed by atoms with van der Waals surface area (Å²) < 4.78 is 5.15. The van der Waals surface area contributed by atoms with Gasteiger partial charge in [-0.25, -0.2) is 0 Å². The molecule has 2 unspecified atom stereocenters. The summed E-state index contributed by atoms with van der Waals surface area (Å²) in [5, 5.41) is 0. The van der Waals surface area contributed by atoms with Gasteiger partial charge in [-0.15, -0.1) is 0 Å². The Balaban J connectivity index is 0.000000263. The van der Waals surface area contributed by atoms with E-state index in [2.05, 4.69) is 97.1 Å². The van der Waals surface area contributed by atoms with Crippen LogP contribution in [0.25, 0.3) is 33.4 Å². The van der Waals surface area contributed by atoms with Crippen molar-refractivity contribution in [2.24, 2.45) is 0 Å². The predicted octanol–water partition coefficient (Wildman–Crippen LogP) is 7.53. The summed E-state index contributed by atoms with van der Waals surface area (Å²) in [6.45, 7) is 0. The van der Waals surface area contributed by atoms with Crippen LogP contribution >= 0.6 is 0 Å². The van der Waals surface area contributed by atoms with Gasteiger partial charge in [0, 0.05) is 0 Å². The maximum absolute atomic E-state index is 5.15. The molecule has 1 nitrogen and oxygen atoms in total. The number of hydrogen-bond donors (Lipinski definition) is 0. The fourth-order valence-corrected chi connectivity index (χ4v) is 5.21. The largest absolute Gasteiger partial charge is 0.370 e. The predicted molar refractivity (Wildman–Crippen MR) is 128 cm³/mol. The molecule has 31 heavy (non-hydrogen) atoms. The number of epoxide rings is 1. The highest BCUT2D eigenvalue weighted by atomic mass is 16.6. The molecule has 4 aromatic rings. The lowest BCUT2D eigenvalue weighted by molar-refractivity contribution is 0.322. The second kappa shape index (κ2) is 7.83. The number of rotatable bonds is 2. The third-order valence-electron chi connectivity index (χ3n) is 6.80. The van der Waals surface area contributed by atoms with E-state index in [9.17, 15) is 0 Å². The van der Waals surface area contributed by atoms with Crippen LogP contribution in [0.4, 0.5) is 0 Å². The summed E-state index contributed by atoms with van der Waals surface area (Å²) in [6, 6.07) is 34.9. The first-order valence-corrected chi connectivity index (χ1v) is 11.4. The van der Waals surface area contributed by atoms with E-state index in [1.54, 1.807) is 0 Å². The fraction of sp³-hybridized carbons (Fsp3) is 0.200. The van der Waals surface area contributed by atoms with E-state index in [1.165, 1.54) is 63.8 Å². The third-order valence-corrected chi connectivity index (χ3v) is 6.80. The lowest BCUT2D eigenvalue weighted by Crippen LogP contribution is -1.92. The zero-order chi connectivity index (χ0) is 20.6. The van der Waals surface area contributed by atoms with Crippen molar-refractivity contribution in [3.63, 3.8) is 0 Å². The van der Waals surface area contributed by atoms with Crippen molar-refractivity contribution >= 4 is 0 Å². The third kappa shape index (κ3) is 3.49. The van der Waals surface area contributed by atoms with E-state index in [0.717, 1.165) is 6.42 Å². The first-order chi connectivity index (χ1) is 15.4. The highest BCUT2D eigenvalue weighted by Gasteiger charge is 2.42. The quantitative estimate of drug-likeness (QED) is 0.278. The Bertz CT molecular complexity index is 1200. The molecule has 7 rings (SSSR count). The SMILES string of the molecule is C1CC2OC2C1.c1ccc(-c2ccc3c(c2-c2ccccc2)Cc2ccccc2-3)cc1. The summed E-state index contributed by atoms with van der Waals surface area (Å²) in [5.74, 6) is 0. The topological polar surface area (TPSA) is 12.5 Å². The van der Waals surface area contributed by atoms with Crippen molar-refractivity contribution in [2.45, 2.75) is 37.9 Å². The molecule has 152 valence electrons. The molecule has 2 aliphatic carbocycles. The first-order valence-electron chi connectivity index (χ1n) is 11.4. The van der Waals surface area contributed by atoms with Crippen LogP contribution in [0.15, 0.2) is 97.1 Å². The maximum Gasteiger partial charge on any atom is 0.0841 e. The van der Waals surface area contributed by atoms with E-state index >= 15 is 0 Å². The number of fused-ring (bicyclic) bond motifs is 4. The number of hydrogen-bond acceptors (Lipinski definition) is 1. The standard InChI is InChI=1S/C25H18.C5H8O/c1-3-9-18(10-4-1)22-15-16-23-21-14-8-7-13-20(21)17-24(23)25(22)19-11-5-2-6-12-19;1-2-4-5(3-1)6-4/h1-16H,17H2;4-5H,1-3H2. The molecule has 4 aromatic carbocycles. The molecule has 1 saturated heterocycles. The van der Waals surface area contributed by atoms with E-state index in [4.69, 9.17) is 4.74 Å². The molecule has 1 aliphatic heterocycles. The second-order valence-electron chi connectivity index (χ2n) is 8.72. The van der Waals surface area contributed by atoms with Gasteiger partial charge in [0.05, 0.1) is 12.2 Å². The number of ether oxygens (including phenoxy) is 1. The van der Waals surface area contributed by atoms with Crippen LogP contribution in [0.1, 0.15) is 30.4 Å². The van der Waals surface area contributed by atoms with Gasteiger partial charge in [0.25, 0.3) is 0 Å². The molecule has 0 amide bonds. The maximum atomic E-state index is 5.15. The average Bonchev–Trinajstić information content (AvgIpc) is 3.26. The van der Waals surface area contributed by atoms with Crippen LogP contribution in [0, 0.1) is 0 Å². The Kier molecular flexibility index (Phi) is 4.70. The minimum absolute atomic E-state index is 0.713. The van der Waals surface area contributed by atoms with Gasteiger partial charge in [-0.2, -0.15) is 0 Å². The van der Waals surface area contributed by atoms with Crippen LogP contribution in [0.3, 0.4) is 0 Å². The summed E-state index contributed by atoms with van der Waals surface area (Å²) in [4.78, 5) is 0. The van der Waals surface area contributed by atoms with Gasteiger partial charge in [-0.05, 0) is 70.2 Å². The van der Waals surface area contributed by atoms with Gasteiger partial charge in [-0.1, -0.05) is 97.1 Å². The van der Waals surface area contributed by atoms with Gasteiger partial charge in [0.2, 0.25) is 0 Å². The Morgan fingerprint density at radius 3 is 1.81 bits per heavy atom. The molecular weight excluding hydrogens is 376 g/mol. The summed E-state index contributed by atoms with van der Waals surface area (Å²) >= 11 is 0. The minimum atomic E-state index is 0.713. The molecule has 1 heterocycles. The molecule has 0 N–H and O–H groups in total. The molecule has 1 heteroatoms.